The van der Waals surface area contributed by atoms with E-state index >= 15 is 0 Å². The largest absolute Gasteiger partial charge is 0.494 e. The third-order valence-electron chi connectivity index (χ3n) is 3.24. The van der Waals surface area contributed by atoms with Gasteiger partial charge in [0.1, 0.15) is 5.75 Å². The predicted molar refractivity (Wildman–Crippen MR) is 94.6 cm³/mol. The van der Waals surface area contributed by atoms with Crippen LogP contribution in [-0.2, 0) is 0 Å². The average molecular weight is 317 g/mol. The summed E-state index contributed by atoms with van der Waals surface area (Å²) in [5.74, 6) is 0.892. The first-order valence-corrected chi connectivity index (χ1v) is 7.89. The Morgan fingerprint density at radius 1 is 1.14 bits per heavy atom. The maximum atomic E-state index is 5.97. The molecule has 0 amide bonds. The van der Waals surface area contributed by atoms with Gasteiger partial charge in [0, 0.05) is 6.21 Å². The van der Waals surface area contributed by atoms with Gasteiger partial charge in [-0.15, -0.1) is 0 Å². The molecule has 3 nitrogen and oxygen atoms in total. The van der Waals surface area contributed by atoms with Gasteiger partial charge in [-0.25, -0.2) is 0 Å². The quantitative estimate of drug-likeness (QED) is 0.431. The zero-order chi connectivity index (χ0) is 15.8. The van der Waals surface area contributed by atoms with Crippen molar-refractivity contribution in [3.8, 4) is 5.75 Å². The molecule has 0 saturated carbocycles. The van der Waals surface area contributed by atoms with Crippen molar-refractivity contribution in [2.24, 2.45) is 4.99 Å². The Morgan fingerprint density at radius 3 is 2.59 bits per heavy atom. The molecular formula is C18H21ClN2O. The number of aliphatic imine (C=N–C) groups is 1. The second-order valence-corrected chi connectivity index (χ2v) is 5.50. The van der Waals surface area contributed by atoms with E-state index in [1.54, 1.807) is 18.3 Å². The minimum absolute atomic E-state index is 0.519. The molecular weight excluding hydrogens is 296 g/mol. The summed E-state index contributed by atoms with van der Waals surface area (Å²) in [6.07, 6.45) is 5.29. The smallest absolute Gasteiger partial charge is 0.119 e. The zero-order valence-electron chi connectivity index (χ0n) is 12.8. The van der Waals surface area contributed by atoms with Crippen LogP contribution in [0.5, 0.6) is 5.75 Å². The van der Waals surface area contributed by atoms with E-state index < -0.39 is 0 Å². The van der Waals surface area contributed by atoms with Crippen LogP contribution in [0, 0.1) is 0 Å². The summed E-state index contributed by atoms with van der Waals surface area (Å²) in [5, 5.41) is 0.519. The number of nitrogens with zero attached hydrogens (tertiary/aromatic N) is 1. The summed E-state index contributed by atoms with van der Waals surface area (Å²) < 4.78 is 5.68. The van der Waals surface area contributed by atoms with Crippen LogP contribution in [0.4, 0.5) is 11.4 Å². The number of anilines is 1. The maximum absolute atomic E-state index is 5.97. The summed E-state index contributed by atoms with van der Waals surface area (Å²) in [4.78, 5) is 4.39. The topological polar surface area (TPSA) is 47.6 Å². The summed E-state index contributed by atoms with van der Waals surface area (Å²) in [6.45, 7) is 2.95. The first-order chi connectivity index (χ1) is 10.7. The van der Waals surface area contributed by atoms with E-state index in [2.05, 4.69) is 11.9 Å². The Labute approximate surface area is 136 Å². The minimum Gasteiger partial charge on any atom is -0.494 e. The Hall–Kier alpha value is -2.00. The third kappa shape index (κ3) is 5.08. The molecule has 2 rings (SSSR count). The molecule has 0 bridgehead atoms. The second-order valence-electron chi connectivity index (χ2n) is 5.09. The molecule has 116 valence electrons. The molecule has 2 aromatic carbocycles. The first-order valence-electron chi connectivity index (χ1n) is 7.51. The number of halogens is 1. The lowest BCUT2D eigenvalue weighted by atomic mass is 10.2. The highest BCUT2D eigenvalue weighted by atomic mass is 35.5. The first kappa shape index (κ1) is 16.4. The predicted octanol–water partition coefficient (Wildman–Crippen LogP) is 5.24. The summed E-state index contributed by atoms with van der Waals surface area (Å²) in [5.41, 5.74) is 8.02. The number of rotatable bonds is 7. The molecule has 22 heavy (non-hydrogen) atoms. The molecule has 0 heterocycles. The Morgan fingerprint density at radius 2 is 1.91 bits per heavy atom. The van der Waals surface area contributed by atoms with Crippen LogP contribution in [-0.4, -0.2) is 12.8 Å². The van der Waals surface area contributed by atoms with Crippen LogP contribution in [0.1, 0.15) is 31.7 Å². The fraction of sp³-hybridized carbons (Fsp3) is 0.278. The molecule has 0 fully saturated rings. The van der Waals surface area contributed by atoms with Crippen molar-refractivity contribution in [2.45, 2.75) is 26.2 Å². The molecule has 0 radical (unpaired) electrons. The lowest BCUT2D eigenvalue weighted by Gasteiger charge is -2.05. The lowest BCUT2D eigenvalue weighted by Crippen LogP contribution is -1.96. The Kier molecular flexibility index (Phi) is 6.28. The fourth-order valence-corrected chi connectivity index (χ4v) is 2.11. The van der Waals surface area contributed by atoms with E-state index in [4.69, 9.17) is 22.1 Å². The lowest BCUT2D eigenvalue weighted by molar-refractivity contribution is 0.306. The highest BCUT2D eigenvalue weighted by Crippen LogP contribution is 2.24. The van der Waals surface area contributed by atoms with Crippen molar-refractivity contribution < 1.29 is 4.74 Å². The summed E-state index contributed by atoms with van der Waals surface area (Å²) in [6, 6.07) is 13.2. The van der Waals surface area contributed by atoms with Gasteiger partial charge in [0.2, 0.25) is 0 Å². The molecule has 2 N–H and O–H groups in total. The van der Waals surface area contributed by atoms with Gasteiger partial charge in [-0.05, 0) is 54.4 Å². The van der Waals surface area contributed by atoms with Crippen LogP contribution >= 0.6 is 11.6 Å². The van der Waals surface area contributed by atoms with Gasteiger partial charge < -0.3 is 10.5 Å². The number of hydrogen-bond donors (Lipinski definition) is 1. The Balaban J connectivity index is 1.92. The Bertz CT molecular complexity index is 623. The van der Waals surface area contributed by atoms with Crippen LogP contribution in [0.25, 0.3) is 0 Å². The molecule has 2 aromatic rings. The van der Waals surface area contributed by atoms with E-state index in [9.17, 15) is 0 Å². The zero-order valence-corrected chi connectivity index (χ0v) is 13.5. The normalized spacial score (nSPS) is 11.0. The molecule has 0 aliphatic rings. The van der Waals surface area contributed by atoms with Crippen molar-refractivity contribution in [1.29, 1.82) is 0 Å². The van der Waals surface area contributed by atoms with E-state index in [1.165, 1.54) is 12.8 Å². The van der Waals surface area contributed by atoms with Gasteiger partial charge in [0.15, 0.2) is 0 Å². The number of nitrogens with two attached hydrogens (primary N) is 1. The molecule has 0 unspecified atom stereocenters. The van der Waals surface area contributed by atoms with Crippen LogP contribution in [0.2, 0.25) is 5.02 Å². The number of unbranched alkanes of at least 4 members (excludes halogenated alkanes) is 2. The van der Waals surface area contributed by atoms with Crippen LogP contribution in [0.15, 0.2) is 47.5 Å². The second kappa shape index (κ2) is 8.44. The van der Waals surface area contributed by atoms with Gasteiger partial charge >= 0.3 is 0 Å². The number of benzene rings is 2. The maximum Gasteiger partial charge on any atom is 0.119 e. The molecule has 0 aromatic heterocycles. The molecule has 4 heteroatoms. The highest BCUT2D eigenvalue weighted by molar-refractivity contribution is 6.33. The molecule has 0 aliphatic carbocycles. The van der Waals surface area contributed by atoms with Gasteiger partial charge in [-0.1, -0.05) is 31.4 Å². The number of ether oxygens (including phenoxy) is 1. The van der Waals surface area contributed by atoms with E-state index in [1.807, 2.05) is 30.3 Å². The van der Waals surface area contributed by atoms with Gasteiger partial charge in [-0.3, -0.25) is 4.99 Å². The van der Waals surface area contributed by atoms with Crippen molar-refractivity contribution >= 4 is 29.2 Å². The van der Waals surface area contributed by atoms with Crippen molar-refractivity contribution in [3.05, 3.63) is 53.1 Å². The third-order valence-corrected chi connectivity index (χ3v) is 3.57. The number of nitrogen functional groups attached to an aromatic ring is 1. The van der Waals surface area contributed by atoms with Crippen molar-refractivity contribution in [2.75, 3.05) is 12.3 Å². The monoisotopic (exact) mass is 316 g/mol. The molecule has 0 aliphatic heterocycles. The molecule has 0 atom stereocenters. The van der Waals surface area contributed by atoms with E-state index in [0.717, 1.165) is 30.0 Å². The average Bonchev–Trinajstić information content (AvgIpc) is 2.54. The SMILES string of the molecule is CCCCCOc1ccc(C=Nc2ccc(N)c(Cl)c2)cc1. The summed E-state index contributed by atoms with van der Waals surface area (Å²) in [7, 11) is 0. The minimum atomic E-state index is 0.519. The fourth-order valence-electron chi connectivity index (χ4n) is 1.94. The standard InChI is InChI=1S/C18H21ClN2O/c1-2-3-4-11-22-16-8-5-14(6-9-16)13-21-15-7-10-18(20)17(19)12-15/h5-10,12-13H,2-4,11,20H2,1H3. The number of hydrogen-bond acceptors (Lipinski definition) is 3. The van der Waals surface area contributed by atoms with Crippen LogP contribution in [0.3, 0.4) is 0 Å². The van der Waals surface area contributed by atoms with Crippen molar-refractivity contribution in [1.82, 2.24) is 0 Å². The van der Waals surface area contributed by atoms with Gasteiger partial charge in [0.25, 0.3) is 0 Å². The van der Waals surface area contributed by atoms with Crippen molar-refractivity contribution in [3.63, 3.8) is 0 Å². The van der Waals surface area contributed by atoms with E-state index in [-0.39, 0.29) is 0 Å². The van der Waals surface area contributed by atoms with E-state index in [0.29, 0.717) is 10.7 Å². The molecule has 0 spiro atoms. The highest BCUT2D eigenvalue weighted by Gasteiger charge is 1.97. The summed E-state index contributed by atoms with van der Waals surface area (Å²) >= 11 is 5.97. The van der Waals surface area contributed by atoms with Gasteiger partial charge in [-0.2, -0.15) is 0 Å². The molecule has 0 saturated heterocycles. The van der Waals surface area contributed by atoms with Gasteiger partial charge in [0.05, 0.1) is 23.0 Å². The van der Waals surface area contributed by atoms with Crippen LogP contribution < -0.4 is 10.5 Å².